The third kappa shape index (κ3) is 2.17. The summed E-state index contributed by atoms with van der Waals surface area (Å²) in [6, 6.07) is 0. The number of aromatic nitrogens is 2. The predicted octanol–water partition coefficient (Wildman–Crippen LogP) is 1.70. The molecule has 56 valence electrons. The normalized spacial score (nSPS) is 10.1. The fraction of sp³-hybridized carbons (Fsp3) is 0.571. The van der Waals surface area contributed by atoms with Crippen molar-refractivity contribution >= 4 is 0 Å². The standard InChI is InChI=1S/C7H11FN2/c8-4-2-1-3-7-9-5-6-10-7/h5-6H,1-4H2,(H,9,10). The van der Waals surface area contributed by atoms with Crippen molar-refractivity contribution in [3.63, 3.8) is 0 Å². The Morgan fingerprint density at radius 2 is 2.40 bits per heavy atom. The van der Waals surface area contributed by atoms with Crippen LogP contribution in [-0.4, -0.2) is 16.6 Å². The smallest absolute Gasteiger partial charge is 0.105 e. The number of rotatable bonds is 4. The van der Waals surface area contributed by atoms with Gasteiger partial charge in [0.05, 0.1) is 6.67 Å². The van der Waals surface area contributed by atoms with E-state index < -0.39 is 0 Å². The van der Waals surface area contributed by atoms with Crippen LogP contribution in [0.4, 0.5) is 4.39 Å². The molecule has 2 nitrogen and oxygen atoms in total. The molecule has 1 N–H and O–H groups in total. The van der Waals surface area contributed by atoms with E-state index in [-0.39, 0.29) is 6.67 Å². The molecule has 0 saturated heterocycles. The number of halogens is 1. The van der Waals surface area contributed by atoms with Crippen LogP contribution in [0.3, 0.4) is 0 Å². The highest BCUT2D eigenvalue weighted by Gasteiger charge is 1.92. The summed E-state index contributed by atoms with van der Waals surface area (Å²) in [6.07, 6.45) is 5.87. The Kier molecular flexibility index (Phi) is 2.93. The van der Waals surface area contributed by atoms with Crippen LogP contribution in [0.5, 0.6) is 0 Å². The molecule has 0 aromatic carbocycles. The van der Waals surface area contributed by atoms with E-state index in [1.807, 2.05) is 0 Å². The highest BCUT2D eigenvalue weighted by molar-refractivity contribution is 4.86. The van der Waals surface area contributed by atoms with Crippen LogP contribution in [0.2, 0.25) is 0 Å². The number of nitrogens with one attached hydrogen (secondary N) is 1. The minimum Gasteiger partial charge on any atom is -0.349 e. The van der Waals surface area contributed by atoms with E-state index >= 15 is 0 Å². The maximum atomic E-state index is 11.6. The molecule has 0 bridgehead atoms. The molecule has 0 atom stereocenters. The first-order chi connectivity index (χ1) is 4.93. The number of hydrogen-bond acceptors (Lipinski definition) is 1. The van der Waals surface area contributed by atoms with Crippen LogP contribution in [0, 0.1) is 0 Å². The summed E-state index contributed by atoms with van der Waals surface area (Å²) in [7, 11) is 0. The maximum Gasteiger partial charge on any atom is 0.105 e. The van der Waals surface area contributed by atoms with Gasteiger partial charge in [-0.25, -0.2) is 4.98 Å². The third-order valence-electron chi connectivity index (χ3n) is 1.35. The molecule has 0 radical (unpaired) electrons. The van der Waals surface area contributed by atoms with Gasteiger partial charge in [0.2, 0.25) is 0 Å². The summed E-state index contributed by atoms with van der Waals surface area (Å²) < 4.78 is 11.6. The van der Waals surface area contributed by atoms with E-state index in [0.29, 0.717) is 6.42 Å². The molecule has 10 heavy (non-hydrogen) atoms. The first-order valence-corrected chi connectivity index (χ1v) is 3.47. The lowest BCUT2D eigenvalue weighted by atomic mass is 10.2. The Bertz CT molecular complexity index is 160. The lowest BCUT2D eigenvalue weighted by Crippen LogP contribution is -1.88. The molecule has 1 heterocycles. The predicted molar refractivity (Wildman–Crippen MR) is 37.5 cm³/mol. The van der Waals surface area contributed by atoms with Gasteiger partial charge in [-0.15, -0.1) is 0 Å². The molecule has 0 saturated carbocycles. The van der Waals surface area contributed by atoms with Gasteiger partial charge in [-0.05, 0) is 12.8 Å². The van der Waals surface area contributed by atoms with E-state index in [4.69, 9.17) is 0 Å². The Hall–Kier alpha value is -0.860. The Morgan fingerprint density at radius 3 is 3.00 bits per heavy atom. The molecule has 0 spiro atoms. The van der Waals surface area contributed by atoms with Gasteiger partial charge >= 0.3 is 0 Å². The second kappa shape index (κ2) is 4.04. The number of alkyl halides is 1. The average molecular weight is 142 g/mol. The largest absolute Gasteiger partial charge is 0.349 e. The summed E-state index contributed by atoms with van der Waals surface area (Å²) >= 11 is 0. The summed E-state index contributed by atoms with van der Waals surface area (Å²) in [6.45, 7) is -0.222. The van der Waals surface area contributed by atoms with Crippen LogP contribution in [0.1, 0.15) is 18.7 Å². The quantitative estimate of drug-likeness (QED) is 0.637. The fourth-order valence-corrected chi connectivity index (χ4v) is 0.822. The molecular weight excluding hydrogens is 131 g/mol. The number of nitrogens with zero attached hydrogens (tertiary/aromatic N) is 1. The zero-order valence-corrected chi connectivity index (χ0v) is 5.81. The van der Waals surface area contributed by atoms with Gasteiger partial charge in [-0.2, -0.15) is 0 Å². The zero-order chi connectivity index (χ0) is 7.23. The summed E-state index contributed by atoms with van der Waals surface area (Å²) in [5.41, 5.74) is 0. The SMILES string of the molecule is FCCCCc1ncc[nH]1. The van der Waals surface area contributed by atoms with E-state index in [2.05, 4.69) is 9.97 Å². The summed E-state index contributed by atoms with van der Waals surface area (Å²) in [4.78, 5) is 6.97. The van der Waals surface area contributed by atoms with Gasteiger partial charge in [-0.3, -0.25) is 4.39 Å². The molecule has 3 heteroatoms. The molecule has 0 amide bonds. The highest BCUT2D eigenvalue weighted by atomic mass is 19.1. The first kappa shape index (κ1) is 7.25. The second-order valence-electron chi connectivity index (χ2n) is 2.18. The van der Waals surface area contributed by atoms with Crippen molar-refractivity contribution in [3.05, 3.63) is 18.2 Å². The van der Waals surface area contributed by atoms with Gasteiger partial charge in [-0.1, -0.05) is 0 Å². The number of unbranched alkanes of at least 4 members (excludes halogenated alkanes) is 1. The van der Waals surface area contributed by atoms with Crippen LogP contribution in [0.25, 0.3) is 0 Å². The van der Waals surface area contributed by atoms with Crippen molar-refractivity contribution in [3.8, 4) is 0 Å². The topological polar surface area (TPSA) is 28.7 Å². The summed E-state index contributed by atoms with van der Waals surface area (Å²) in [5.74, 6) is 0.952. The van der Waals surface area contributed by atoms with E-state index in [1.165, 1.54) is 0 Å². The van der Waals surface area contributed by atoms with Gasteiger partial charge in [0.15, 0.2) is 0 Å². The number of hydrogen-bond donors (Lipinski definition) is 1. The van der Waals surface area contributed by atoms with Crippen molar-refractivity contribution in [2.24, 2.45) is 0 Å². The Balaban J connectivity index is 2.15. The number of imidazole rings is 1. The van der Waals surface area contributed by atoms with Crippen molar-refractivity contribution < 1.29 is 4.39 Å². The molecule has 0 unspecified atom stereocenters. The van der Waals surface area contributed by atoms with Gasteiger partial charge < -0.3 is 4.98 Å². The van der Waals surface area contributed by atoms with Gasteiger partial charge in [0.1, 0.15) is 5.82 Å². The molecule has 1 rings (SSSR count). The van der Waals surface area contributed by atoms with Crippen LogP contribution in [0.15, 0.2) is 12.4 Å². The molecule has 0 aliphatic rings. The minimum atomic E-state index is -0.222. The molecule has 0 aliphatic carbocycles. The van der Waals surface area contributed by atoms with Crippen molar-refractivity contribution in [1.29, 1.82) is 0 Å². The lowest BCUT2D eigenvalue weighted by molar-refractivity contribution is 0.460. The fourth-order valence-electron chi connectivity index (χ4n) is 0.822. The van der Waals surface area contributed by atoms with Crippen LogP contribution in [-0.2, 0) is 6.42 Å². The van der Waals surface area contributed by atoms with Crippen molar-refractivity contribution in [2.45, 2.75) is 19.3 Å². The molecule has 0 aliphatic heterocycles. The Morgan fingerprint density at radius 1 is 1.50 bits per heavy atom. The second-order valence-corrected chi connectivity index (χ2v) is 2.18. The van der Waals surface area contributed by atoms with E-state index in [0.717, 1.165) is 18.7 Å². The minimum absolute atomic E-state index is 0.222. The van der Waals surface area contributed by atoms with Crippen LogP contribution < -0.4 is 0 Å². The maximum absolute atomic E-state index is 11.6. The average Bonchev–Trinajstić information content (AvgIpc) is 2.41. The van der Waals surface area contributed by atoms with E-state index in [9.17, 15) is 4.39 Å². The zero-order valence-electron chi connectivity index (χ0n) is 5.81. The van der Waals surface area contributed by atoms with Crippen LogP contribution >= 0.6 is 0 Å². The molecule has 1 aromatic heterocycles. The monoisotopic (exact) mass is 142 g/mol. The Labute approximate surface area is 59.5 Å². The van der Waals surface area contributed by atoms with Gasteiger partial charge in [0, 0.05) is 18.8 Å². The lowest BCUT2D eigenvalue weighted by Gasteiger charge is -1.92. The molecule has 0 fully saturated rings. The van der Waals surface area contributed by atoms with Gasteiger partial charge in [0.25, 0.3) is 0 Å². The van der Waals surface area contributed by atoms with E-state index in [1.54, 1.807) is 12.4 Å². The summed E-state index contributed by atoms with van der Waals surface area (Å²) in [5, 5.41) is 0. The van der Waals surface area contributed by atoms with Crippen molar-refractivity contribution in [1.82, 2.24) is 9.97 Å². The first-order valence-electron chi connectivity index (χ1n) is 3.47. The third-order valence-corrected chi connectivity index (χ3v) is 1.35. The van der Waals surface area contributed by atoms with Crippen molar-refractivity contribution in [2.75, 3.05) is 6.67 Å². The molecular formula is C7H11FN2. The molecule has 1 aromatic rings. The number of aryl methyl sites for hydroxylation is 1. The number of aromatic amines is 1. The number of H-pyrrole nitrogens is 1. The highest BCUT2D eigenvalue weighted by Crippen LogP contribution is 1.97.